The molecule has 0 atom stereocenters. The van der Waals surface area contributed by atoms with E-state index in [2.05, 4.69) is 21.7 Å². The van der Waals surface area contributed by atoms with E-state index in [0.717, 1.165) is 48.7 Å². The van der Waals surface area contributed by atoms with E-state index < -0.39 is 0 Å². The van der Waals surface area contributed by atoms with Crippen LogP contribution in [0.4, 0.5) is 5.69 Å². The molecule has 1 aliphatic rings. The van der Waals surface area contributed by atoms with Crippen molar-refractivity contribution in [3.8, 4) is 0 Å². The van der Waals surface area contributed by atoms with Crippen LogP contribution < -0.4 is 5.32 Å². The molecule has 6 heteroatoms. The fraction of sp³-hybridized carbons (Fsp3) is 0.368. The number of likely N-dealkylation sites (tertiary alicyclic amines) is 1. The predicted molar refractivity (Wildman–Crippen MR) is 96.6 cm³/mol. The Labute approximate surface area is 146 Å². The van der Waals surface area contributed by atoms with Gasteiger partial charge in [0.1, 0.15) is 5.82 Å². The summed E-state index contributed by atoms with van der Waals surface area (Å²) in [5.74, 6) is 1.14. The molecule has 1 amide bonds. The van der Waals surface area contributed by atoms with Crippen LogP contribution in [0.15, 0.2) is 41.0 Å². The first-order chi connectivity index (χ1) is 12.2. The molecule has 1 aromatic carbocycles. The first-order valence-corrected chi connectivity index (χ1v) is 8.81. The molecule has 6 nitrogen and oxygen atoms in total. The normalized spacial score (nSPS) is 15.1. The average molecular weight is 338 g/mol. The number of amides is 1. The van der Waals surface area contributed by atoms with E-state index in [4.69, 9.17) is 9.40 Å². The van der Waals surface area contributed by atoms with E-state index in [0.29, 0.717) is 5.76 Å². The highest BCUT2D eigenvalue weighted by molar-refractivity contribution is 6.03. The summed E-state index contributed by atoms with van der Waals surface area (Å²) in [5, 5.41) is 2.86. The molecule has 1 fully saturated rings. The van der Waals surface area contributed by atoms with Gasteiger partial charge in [-0.3, -0.25) is 9.69 Å². The van der Waals surface area contributed by atoms with Gasteiger partial charge in [-0.2, -0.15) is 0 Å². The molecule has 130 valence electrons. The topological polar surface area (TPSA) is 63.3 Å². The first kappa shape index (κ1) is 15.9. The van der Waals surface area contributed by atoms with E-state index in [1.165, 1.54) is 19.1 Å². The van der Waals surface area contributed by atoms with Gasteiger partial charge in [-0.25, -0.2) is 4.98 Å². The van der Waals surface area contributed by atoms with Gasteiger partial charge in [-0.15, -0.1) is 0 Å². The summed E-state index contributed by atoms with van der Waals surface area (Å²) in [4.78, 5) is 19.4. The second-order valence-electron chi connectivity index (χ2n) is 6.39. The second-order valence-corrected chi connectivity index (χ2v) is 6.39. The Morgan fingerprint density at radius 3 is 2.84 bits per heavy atom. The van der Waals surface area contributed by atoms with Gasteiger partial charge in [0.05, 0.1) is 23.8 Å². The van der Waals surface area contributed by atoms with Gasteiger partial charge in [0, 0.05) is 12.2 Å². The van der Waals surface area contributed by atoms with Crippen LogP contribution in [0, 0.1) is 0 Å². The standard InChI is InChI=1S/C19H22N4O2/c1-2-23-16-8-7-14(20-19(24)17-6-5-11-25-17)12-15(16)21-18(23)13-22-9-3-4-10-22/h5-8,11-12H,2-4,9-10,13H2,1H3,(H,20,24). The van der Waals surface area contributed by atoms with E-state index >= 15 is 0 Å². The second kappa shape index (κ2) is 6.72. The number of nitrogens with zero attached hydrogens (tertiary/aromatic N) is 3. The van der Waals surface area contributed by atoms with Crippen molar-refractivity contribution >= 4 is 22.6 Å². The number of rotatable bonds is 5. The highest BCUT2D eigenvalue weighted by atomic mass is 16.3. The van der Waals surface area contributed by atoms with Crippen LogP contribution in [0.3, 0.4) is 0 Å². The van der Waals surface area contributed by atoms with Crippen molar-refractivity contribution in [3.63, 3.8) is 0 Å². The molecule has 25 heavy (non-hydrogen) atoms. The van der Waals surface area contributed by atoms with Crippen LogP contribution in [-0.2, 0) is 13.1 Å². The molecule has 1 aliphatic heterocycles. The van der Waals surface area contributed by atoms with Crippen molar-refractivity contribution in [1.82, 2.24) is 14.5 Å². The summed E-state index contributed by atoms with van der Waals surface area (Å²) in [7, 11) is 0. The van der Waals surface area contributed by atoms with Crippen LogP contribution in [0.2, 0.25) is 0 Å². The largest absolute Gasteiger partial charge is 0.459 e. The number of fused-ring (bicyclic) bond motifs is 1. The number of imidazole rings is 1. The lowest BCUT2D eigenvalue weighted by molar-refractivity contribution is 0.0996. The molecule has 0 radical (unpaired) electrons. The van der Waals surface area contributed by atoms with Crippen LogP contribution in [0.1, 0.15) is 36.1 Å². The van der Waals surface area contributed by atoms with Gasteiger partial charge < -0.3 is 14.3 Å². The van der Waals surface area contributed by atoms with Crippen molar-refractivity contribution < 1.29 is 9.21 Å². The van der Waals surface area contributed by atoms with Crippen molar-refractivity contribution in [1.29, 1.82) is 0 Å². The summed E-state index contributed by atoms with van der Waals surface area (Å²) < 4.78 is 7.39. The number of carbonyl (C=O) groups is 1. The third kappa shape index (κ3) is 3.17. The SMILES string of the molecule is CCn1c(CN2CCCC2)nc2cc(NC(=O)c3ccco3)ccc21. The smallest absolute Gasteiger partial charge is 0.291 e. The fourth-order valence-electron chi connectivity index (χ4n) is 3.47. The highest BCUT2D eigenvalue weighted by Crippen LogP contribution is 2.23. The lowest BCUT2D eigenvalue weighted by Crippen LogP contribution is -2.21. The summed E-state index contributed by atoms with van der Waals surface area (Å²) >= 11 is 0. The number of benzene rings is 1. The van der Waals surface area contributed by atoms with Crippen molar-refractivity contribution in [2.45, 2.75) is 32.9 Å². The molecular weight excluding hydrogens is 316 g/mol. The number of aryl methyl sites for hydroxylation is 1. The first-order valence-electron chi connectivity index (χ1n) is 8.81. The Morgan fingerprint density at radius 2 is 2.12 bits per heavy atom. The van der Waals surface area contributed by atoms with Gasteiger partial charge in [0.2, 0.25) is 0 Å². The number of hydrogen-bond donors (Lipinski definition) is 1. The van der Waals surface area contributed by atoms with E-state index in [1.54, 1.807) is 12.1 Å². The monoisotopic (exact) mass is 338 g/mol. The van der Waals surface area contributed by atoms with Crippen LogP contribution in [0.5, 0.6) is 0 Å². The zero-order chi connectivity index (χ0) is 17.2. The zero-order valence-electron chi connectivity index (χ0n) is 14.4. The molecule has 0 bridgehead atoms. The third-order valence-corrected chi connectivity index (χ3v) is 4.71. The number of nitrogens with one attached hydrogen (secondary N) is 1. The average Bonchev–Trinajstić information content (AvgIpc) is 3.35. The third-order valence-electron chi connectivity index (χ3n) is 4.71. The Bertz CT molecular complexity index is 876. The fourth-order valence-corrected chi connectivity index (χ4v) is 3.47. The molecule has 0 spiro atoms. The lowest BCUT2D eigenvalue weighted by Gasteiger charge is -2.14. The van der Waals surface area contributed by atoms with Gasteiger partial charge in [0.15, 0.2) is 5.76 Å². The minimum atomic E-state index is -0.253. The molecule has 0 aliphatic carbocycles. The molecule has 4 rings (SSSR count). The maximum atomic E-state index is 12.1. The quantitative estimate of drug-likeness (QED) is 0.773. The lowest BCUT2D eigenvalue weighted by atomic mass is 10.2. The molecule has 0 unspecified atom stereocenters. The Morgan fingerprint density at radius 1 is 1.28 bits per heavy atom. The number of anilines is 1. The van der Waals surface area contributed by atoms with Crippen LogP contribution in [0.25, 0.3) is 11.0 Å². The predicted octanol–water partition coefficient (Wildman–Crippen LogP) is 3.50. The summed E-state index contributed by atoms with van der Waals surface area (Å²) in [6.45, 7) is 6.21. The number of furan rings is 1. The summed E-state index contributed by atoms with van der Waals surface area (Å²) in [6.07, 6.45) is 4.04. The van der Waals surface area contributed by atoms with E-state index in [9.17, 15) is 4.79 Å². The number of aromatic nitrogens is 2. The molecule has 2 aromatic heterocycles. The van der Waals surface area contributed by atoms with Crippen molar-refractivity contribution in [2.75, 3.05) is 18.4 Å². The molecule has 3 heterocycles. The Hall–Kier alpha value is -2.60. The van der Waals surface area contributed by atoms with Crippen molar-refractivity contribution in [2.24, 2.45) is 0 Å². The summed E-state index contributed by atoms with van der Waals surface area (Å²) in [5.41, 5.74) is 2.74. The maximum Gasteiger partial charge on any atom is 0.291 e. The van der Waals surface area contributed by atoms with Crippen LogP contribution >= 0.6 is 0 Å². The molecular formula is C19H22N4O2. The molecule has 1 saturated heterocycles. The number of carbonyl (C=O) groups excluding carboxylic acids is 1. The van der Waals surface area contributed by atoms with Gasteiger partial charge in [-0.05, 0) is 63.2 Å². The molecule has 1 N–H and O–H groups in total. The maximum absolute atomic E-state index is 12.1. The molecule has 3 aromatic rings. The number of hydrogen-bond acceptors (Lipinski definition) is 4. The van der Waals surface area contributed by atoms with Gasteiger partial charge >= 0.3 is 0 Å². The van der Waals surface area contributed by atoms with Gasteiger partial charge in [0.25, 0.3) is 5.91 Å². The minimum Gasteiger partial charge on any atom is -0.459 e. The van der Waals surface area contributed by atoms with Crippen LogP contribution in [-0.4, -0.2) is 33.4 Å². The van der Waals surface area contributed by atoms with E-state index in [-0.39, 0.29) is 5.91 Å². The zero-order valence-corrected chi connectivity index (χ0v) is 14.4. The Balaban J connectivity index is 1.60. The summed E-state index contributed by atoms with van der Waals surface area (Å²) in [6, 6.07) is 9.21. The van der Waals surface area contributed by atoms with E-state index in [1.807, 2.05) is 18.2 Å². The molecule has 0 saturated carbocycles. The van der Waals surface area contributed by atoms with Crippen molar-refractivity contribution in [3.05, 3.63) is 48.2 Å². The Kier molecular flexibility index (Phi) is 4.28. The van der Waals surface area contributed by atoms with Gasteiger partial charge in [-0.1, -0.05) is 0 Å². The minimum absolute atomic E-state index is 0.253. The highest BCUT2D eigenvalue weighted by Gasteiger charge is 2.17.